The van der Waals surface area contributed by atoms with Crippen molar-refractivity contribution in [2.75, 3.05) is 13.2 Å². The number of aryl methyl sites for hydroxylation is 1. The molecule has 3 atom stereocenters. The van der Waals surface area contributed by atoms with E-state index in [2.05, 4.69) is 6.08 Å². The van der Waals surface area contributed by atoms with Gasteiger partial charge in [0.25, 0.3) is 10.0 Å². The second-order valence-electron chi connectivity index (χ2n) is 9.74. The molecule has 0 radical (unpaired) electrons. The molecule has 1 heterocycles. The normalized spacial score (nSPS) is 22.2. The summed E-state index contributed by atoms with van der Waals surface area (Å²) in [6.45, 7) is 5.57. The van der Waals surface area contributed by atoms with Crippen molar-refractivity contribution >= 4 is 32.9 Å². The van der Waals surface area contributed by atoms with E-state index in [4.69, 9.17) is 9.47 Å². The highest BCUT2D eigenvalue weighted by molar-refractivity contribution is 7.90. The largest absolute Gasteiger partial charge is 0.465 e. The minimum Gasteiger partial charge on any atom is -0.465 e. The molecule has 3 aromatic rings. The van der Waals surface area contributed by atoms with E-state index < -0.39 is 39.2 Å². The zero-order chi connectivity index (χ0) is 26.4. The summed E-state index contributed by atoms with van der Waals surface area (Å²) in [6.07, 6.45) is 7.00. The monoisotopic (exact) mass is 521 g/mol. The Hall–Kier alpha value is -3.39. The predicted octanol–water partition coefficient (Wildman–Crippen LogP) is 4.98. The summed E-state index contributed by atoms with van der Waals surface area (Å²) in [4.78, 5) is 27.6. The van der Waals surface area contributed by atoms with Crippen LogP contribution in [0.5, 0.6) is 0 Å². The molecule has 37 heavy (non-hydrogen) atoms. The zero-order valence-electron chi connectivity index (χ0n) is 21.2. The number of aromatic nitrogens is 1. The third-order valence-electron chi connectivity index (χ3n) is 7.75. The fourth-order valence-electron chi connectivity index (χ4n) is 6.13. The summed E-state index contributed by atoms with van der Waals surface area (Å²) in [7, 11) is -3.95. The van der Waals surface area contributed by atoms with Crippen molar-refractivity contribution in [1.29, 1.82) is 0 Å². The Labute approximate surface area is 217 Å². The van der Waals surface area contributed by atoms with E-state index in [1.165, 1.54) is 3.97 Å². The minimum atomic E-state index is -3.95. The van der Waals surface area contributed by atoms with Gasteiger partial charge in [0, 0.05) is 23.4 Å². The number of rotatable bonds is 7. The topological polar surface area (TPSA) is 91.7 Å². The van der Waals surface area contributed by atoms with Crippen molar-refractivity contribution in [2.45, 2.75) is 44.4 Å². The first-order valence-corrected chi connectivity index (χ1v) is 14.2. The molecule has 2 aromatic carbocycles. The van der Waals surface area contributed by atoms with Gasteiger partial charge in [-0.25, -0.2) is 12.4 Å². The number of carbonyl (C=O) groups excluding carboxylic acids is 2. The van der Waals surface area contributed by atoms with Gasteiger partial charge in [-0.2, -0.15) is 0 Å². The van der Waals surface area contributed by atoms with Crippen LogP contribution in [-0.4, -0.2) is 37.5 Å². The number of benzene rings is 2. The van der Waals surface area contributed by atoms with E-state index in [0.717, 1.165) is 12.0 Å². The Morgan fingerprint density at radius 3 is 2.19 bits per heavy atom. The van der Waals surface area contributed by atoms with Crippen molar-refractivity contribution in [3.8, 4) is 0 Å². The third-order valence-corrected chi connectivity index (χ3v) is 9.44. The molecule has 0 spiro atoms. The molecule has 8 heteroatoms. The highest BCUT2D eigenvalue weighted by Gasteiger charge is 2.65. The molecule has 0 amide bonds. The van der Waals surface area contributed by atoms with Gasteiger partial charge in [-0.15, -0.1) is 0 Å². The number of para-hydroxylation sites is 1. The van der Waals surface area contributed by atoms with Gasteiger partial charge in [0.05, 0.1) is 23.6 Å². The maximum atomic E-state index is 13.8. The van der Waals surface area contributed by atoms with Gasteiger partial charge < -0.3 is 9.47 Å². The average Bonchev–Trinajstić information content (AvgIpc) is 3.29. The number of nitrogens with zero attached hydrogens (tertiary/aromatic N) is 1. The second kappa shape index (κ2) is 9.49. The molecule has 3 aliphatic rings. The summed E-state index contributed by atoms with van der Waals surface area (Å²) < 4.78 is 40.0. The molecule has 0 saturated heterocycles. The number of carbonyl (C=O) groups is 2. The number of hydrogen-bond acceptors (Lipinski definition) is 6. The lowest BCUT2D eigenvalue weighted by molar-refractivity contribution is -0.182. The zero-order valence-corrected chi connectivity index (χ0v) is 22.0. The fourth-order valence-corrected chi connectivity index (χ4v) is 7.51. The van der Waals surface area contributed by atoms with Crippen LogP contribution in [-0.2, 0) is 29.1 Å². The van der Waals surface area contributed by atoms with Gasteiger partial charge in [0.15, 0.2) is 5.41 Å². The van der Waals surface area contributed by atoms with E-state index in [9.17, 15) is 18.0 Å². The molecule has 1 saturated carbocycles. The predicted molar refractivity (Wildman–Crippen MR) is 139 cm³/mol. The molecule has 0 unspecified atom stereocenters. The van der Waals surface area contributed by atoms with Gasteiger partial charge >= 0.3 is 11.9 Å². The third kappa shape index (κ3) is 3.81. The molecule has 1 fully saturated rings. The van der Waals surface area contributed by atoms with Crippen LogP contribution in [0.4, 0.5) is 0 Å². The van der Waals surface area contributed by atoms with Crippen LogP contribution in [0, 0.1) is 24.2 Å². The van der Waals surface area contributed by atoms with Crippen LogP contribution in [0.25, 0.3) is 10.9 Å². The Kier molecular flexibility index (Phi) is 6.48. The van der Waals surface area contributed by atoms with Gasteiger partial charge in [-0.1, -0.05) is 48.0 Å². The second-order valence-corrected chi connectivity index (χ2v) is 11.6. The standard InChI is InChI=1S/C29H31NO6S/c1-4-35-27(31)29(28(32)36-5-2)21-14-12-20(13-15-21)26(29)24-18-30(25-9-7-6-8-23(24)25)37(33,34)22-16-10-19(3)11-17-22/h6-12,14,16-18,20-21,26H,4-5,13,15H2,1-3H3/t20-,21+,26+/m1/s1. The molecule has 1 aromatic heterocycles. The van der Waals surface area contributed by atoms with E-state index in [1.54, 1.807) is 56.4 Å². The lowest BCUT2D eigenvalue weighted by Crippen LogP contribution is -2.57. The van der Waals surface area contributed by atoms with Crippen LogP contribution in [0.15, 0.2) is 71.8 Å². The number of fused-ring (bicyclic) bond motifs is 3. The molecule has 3 aliphatic carbocycles. The van der Waals surface area contributed by atoms with Gasteiger partial charge in [-0.3, -0.25) is 9.59 Å². The van der Waals surface area contributed by atoms with Crippen LogP contribution >= 0.6 is 0 Å². The average molecular weight is 522 g/mol. The minimum absolute atomic E-state index is 0.122. The summed E-state index contributed by atoms with van der Waals surface area (Å²) in [6, 6.07) is 13.9. The lowest BCUT2D eigenvalue weighted by Gasteiger charge is -2.50. The Balaban J connectivity index is 1.77. The number of hydrogen-bond donors (Lipinski definition) is 0. The first-order valence-electron chi connectivity index (χ1n) is 12.7. The molecular formula is C29H31NO6S. The van der Waals surface area contributed by atoms with E-state index in [0.29, 0.717) is 22.9 Å². The van der Waals surface area contributed by atoms with Crippen molar-refractivity contribution in [2.24, 2.45) is 17.3 Å². The smallest absolute Gasteiger partial charge is 0.324 e. The van der Waals surface area contributed by atoms with E-state index in [1.807, 2.05) is 25.1 Å². The molecule has 7 nitrogen and oxygen atoms in total. The molecule has 6 rings (SSSR count). The van der Waals surface area contributed by atoms with Crippen molar-refractivity contribution in [3.63, 3.8) is 0 Å². The van der Waals surface area contributed by atoms with Crippen molar-refractivity contribution in [1.82, 2.24) is 3.97 Å². The van der Waals surface area contributed by atoms with E-state index in [-0.39, 0.29) is 24.0 Å². The van der Waals surface area contributed by atoms with E-state index >= 15 is 0 Å². The number of esters is 2. The summed E-state index contributed by atoms with van der Waals surface area (Å²) >= 11 is 0. The first kappa shape index (κ1) is 25.3. The SMILES string of the molecule is CCOC(=O)C1(C(=O)OCC)[C@H](c2cn(S(=O)(=O)c3ccc(C)cc3)c3ccccc23)[C@@H]2C=C[C@H]1CC2. The molecule has 0 N–H and O–H groups in total. The Bertz CT molecular complexity index is 1470. The number of ether oxygens (including phenoxy) is 2. The Morgan fingerprint density at radius 2 is 1.59 bits per heavy atom. The first-order chi connectivity index (χ1) is 17.8. The van der Waals surface area contributed by atoms with Crippen LogP contribution in [0.2, 0.25) is 0 Å². The molecule has 194 valence electrons. The Morgan fingerprint density at radius 1 is 0.946 bits per heavy atom. The molecule has 2 bridgehead atoms. The van der Waals surface area contributed by atoms with Crippen molar-refractivity contribution < 1.29 is 27.5 Å². The van der Waals surface area contributed by atoms with Crippen LogP contribution < -0.4 is 0 Å². The highest BCUT2D eigenvalue weighted by Crippen LogP contribution is 2.60. The van der Waals surface area contributed by atoms with Gasteiger partial charge in [0.1, 0.15) is 0 Å². The van der Waals surface area contributed by atoms with Crippen LogP contribution in [0.1, 0.15) is 43.7 Å². The summed E-state index contributed by atoms with van der Waals surface area (Å²) in [5.74, 6) is -2.42. The summed E-state index contributed by atoms with van der Waals surface area (Å²) in [5.41, 5.74) is 0.485. The number of allylic oxidation sites excluding steroid dienone is 2. The van der Waals surface area contributed by atoms with Crippen LogP contribution in [0.3, 0.4) is 0 Å². The lowest BCUT2D eigenvalue weighted by atomic mass is 9.51. The van der Waals surface area contributed by atoms with Gasteiger partial charge in [0.2, 0.25) is 0 Å². The molecular weight excluding hydrogens is 490 g/mol. The van der Waals surface area contributed by atoms with Crippen molar-refractivity contribution in [3.05, 3.63) is 78.0 Å². The fraction of sp³-hybridized carbons (Fsp3) is 0.379. The van der Waals surface area contributed by atoms with Gasteiger partial charge in [-0.05, 0) is 63.3 Å². The molecule has 0 aliphatic heterocycles. The quantitative estimate of drug-likeness (QED) is 0.247. The maximum Gasteiger partial charge on any atom is 0.324 e. The maximum absolute atomic E-state index is 13.8. The summed E-state index contributed by atoms with van der Waals surface area (Å²) in [5, 5.41) is 0.683. The highest BCUT2D eigenvalue weighted by atomic mass is 32.2.